The molecular weight excluding hydrogens is 413 g/mol. The first-order chi connectivity index (χ1) is 14.7. The normalized spacial score (nSPS) is 20.2. The molecule has 3 unspecified atom stereocenters. The van der Waals surface area contributed by atoms with Crippen LogP contribution in [0.1, 0.15) is 18.4 Å². The molecule has 10 heteroatoms. The van der Waals surface area contributed by atoms with Gasteiger partial charge in [0, 0.05) is 36.8 Å². The van der Waals surface area contributed by atoms with Gasteiger partial charge in [0.2, 0.25) is 5.91 Å². The van der Waals surface area contributed by atoms with Crippen LogP contribution in [0.15, 0.2) is 30.5 Å². The lowest BCUT2D eigenvalue weighted by atomic mass is 9.78. The van der Waals surface area contributed by atoms with Crippen molar-refractivity contribution in [3.05, 3.63) is 36.0 Å². The lowest BCUT2D eigenvalue weighted by Crippen LogP contribution is -2.49. The number of hydrogen-bond donors (Lipinski definition) is 1. The quantitative estimate of drug-likeness (QED) is 0.725. The number of primary amides is 1. The summed E-state index contributed by atoms with van der Waals surface area (Å²) in [5, 5.41) is 9.86. The molecule has 3 rings (SSSR count). The van der Waals surface area contributed by atoms with Crippen LogP contribution in [0, 0.1) is 29.1 Å². The third kappa shape index (κ3) is 4.71. The highest BCUT2D eigenvalue weighted by Gasteiger charge is 2.47. The van der Waals surface area contributed by atoms with Crippen LogP contribution in [-0.2, 0) is 14.3 Å². The summed E-state index contributed by atoms with van der Waals surface area (Å²) in [4.78, 5) is 29.5. The molecular formula is C21H21F3N4O3. The minimum Gasteiger partial charge on any atom is -0.469 e. The number of ether oxygens (including phenoxy) is 1. The fourth-order valence-electron chi connectivity index (χ4n) is 4.20. The second-order valence-corrected chi connectivity index (χ2v) is 7.58. The van der Waals surface area contributed by atoms with Gasteiger partial charge in [-0.1, -0.05) is 0 Å². The number of alkyl halides is 3. The van der Waals surface area contributed by atoms with Gasteiger partial charge in [-0.05, 0) is 36.6 Å². The van der Waals surface area contributed by atoms with Crippen molar-refractivity contribution in [1.29, 1.82) is 5.26 Å². The van der Waals surface area contributed by atoms with Crippen LogP contribution in [0.2, 0.25) is 0 Å². The van der Waals surface area contributed by atoms with E-state index in [2.05, 4.69) is 4.98 Å². The summed E-state index contributed by atoms with van der Waals surface area (Å²) in [7, 11) is 1.12. The average molecular weight is 434 g/mol. The van der Waals surface area contributed by atoms with E-state index in [4.69, 9.17) is 10.5 Å². The van der Waals surface area contributed by atoms with E-state index in [1.807, 2.05) is 6.07 Å². The molecule has 0 saturated carbocycles. The Morgan fingerprint density at radius 3 is 2.71 bits per heavy atom. The van der Waals surface area contributed by atoms with Gasteiger partial charge in [-0.15, -0.1) is 0 Å². The van der Waals surface area contributed by atoms with Crippen LogP contribution in [-0.4, -0.2) is 43.2 Å². The Morgan fingerprint density at radius 1 is 1.35 bits per heavy atom. The van der Waals surface area contributed by atoms with E-state index in [-0.39, 0.29) is 19.5 Å². The number of nitrogens with two attached hydrogens (primary N) is 1. The summed E-state index contributed by atoms with van der Waals surface area (Å²) >= 11 is 0. The number of benzene rings is 1. The van der Waals surface area contributed by atoms with Gasteiger partial charge in [0.05, 0.1) is 30.0 Å². The number of anilines is 1. The molecule has 1 fully saturated rings. The second kappa shape index (κ2) is 8.79. The number of nitriles is 1. The highest BCUT2D eigenvalue weighted by Crippen LogP contribution is 2.41. The van der Waals surface area contributed by atoms with Gasteiger partial charge in [-0.2, -0.15) is 18.4 Å². The molecule has 1 aromatic heterocycles. The maximum Gasteiger partial charge on any atom is 0.393 e. The number of hydrogen-bond acceptors (Lipinski definition) is 6. The molecule has 164 valence electrons. The number of nitrogens with zero attached hydrogens (tertiary/aromatic N) is 3. The predicted octanol–water partition coefficient (Wildman–Crippen LogP) is 2.78. The summed E-state index contributed by atoms with van der Waals surface area (Å²) in [5.74, 6) is -5.16. The fourth-order valence-corrected chi connectivity index (χ4v) is 4.20. The third-order valence-electron chi connectivity index (χ3n) is 5.65. The number of piperidine rings is 1. The molecule has 2 N–H and O–H groups in total. The first-order valence-electron chi connectivity index (χ1n) is 9.61. The van der Waals surface area contributed by atoms with Gasteiger partial charge < -0.3 is 15.4 Å². The molecule has 31 heavy (non-hydrogen) atoms. The van der Waals surface area contributed by atoms with Crippen LogP contribution in [0.5, 0.6) is 0 Å². The molecule has 1 aromatic carbocycles. The number of amides is 1. The predicted molar refractivity (Wildman–Crippen MR) is 106 cm³/mol. The number of aromatic nitrogens is 1. The highest BCUT2D eigenvalue weighted by molar-refractivity contribution is 5.95. The molecule has 7 nitrogen and oxygen atoms in total. The van der Waals surface area contributed by atoms with Gasteiger partial charge in [-0.3, -0.25) is 14.6 Å². The summed E-state index contributed by atoms with van der Waals surface area (Å²) < 4.78 is 46.0. The van der Waals surface area contributed by atoms with Crippen LogP contribution in [0.4, 0.5) is 18.9 Å². The molecule has 2 aromatic rings. The average Bonchev–Trinajstić information content (AvgIpc) is 2.75. The van der Waals surface area contributed by atoms with Crippen molar-refractivity contribution in [3.8, 4) is 6.07 Å². The Labute approximate surface area is 176 Å². The number of halogens is 3. The van der Waals surface area contributed by atoms with Crippen LogP contribution in [0.25, 0.3) is 10.9 Å². The van der Waals surface area contributed by atoms with Crippen molar-refractivity contribution in [2.75, 3.05) is 25.1 Å². The zero-order valence-electron chi connectivity index (χ0n) is 16.7. The Balaban J connectivity index is 2.06. The lowest BCUT2D eigenvalue weighted by Gasteiger charge is -2.42. The van der Waals surface area contributed by atoms with Crippen LogP contribution < -0.4 is 10.6 Å². The van der Waals surface area contributed by atoms with Gasteiger partial charge in [0.15, 0.2) is 0 Å². The largest absolute Gasteiger partial charge is 0.469 e. The van der Waals surface area contributed by atoms with Gasteiger partial charge >= 0.3 is 12.1 Å². The Bertz CT molecular complexity index is 1030. The van der Waals surface area contributed by atoms with Crippen molar-refractivity contribution in [2.24, 2.45) is 23.5 Å². The lowest BCUT2D eigenvalue weighted by molar-refractivity contribution is -0.182. The molecule has 0 bridgehead atoms. The standard InChI is InChI=1S/C21H21F3N4O3/c1-31-20(30)16(8-18(26)29)13-7-14(21(22,23)24)11-28(10-13)17-5-4-12(9-25)19-15(17)3-2-6-27-19/h2-6,13-14,16H,7-8,10-11H2,1H3,(H2,26,29). The minimum absolute atomic E-state index is 0.0928. The molecule has 2 heterocycles. The molecule has 1 saturated heterocycles. The second-order valence-electron chi connectivity index (χ2n) is 7.58. The summed E-state index contributed by atoms with van der Waals surface area (Å²) in [5.41, 5.74) is 6.41. The molecule has 0 spiro atoms. The first kappa shape index (κ1) is 22.3. The zero-order chi connectivity index (χ0) is 22.8. The van der Waals surface area contributed by atoms with Crippen LogP contribution in [0.3, 0.4) is 0 Å². The Morgan fingerprint density at radius 2 is 2.10 bits per heavy atom. The molecule has 1 aliphatic heterocycles. The minimum atomic E-state index is -4.50. The van der Waals surface area contributed by atoms with Gasteiger partial charge in [0.25, 0.3) is 0 Å². The number of methoxy groups -OCH3 is 1. The van der Waals surface area contributed by atoms with Crippen molar-refractivity contribution < 1.29 is 27.5 Å². The SMILES string of the molecule is COC(=O)C(CC(N)=O)C1CC(C(F)(F)F)CN(c2ccc(C#N)c3ncccc23)C1. The van der Waals surface area contributed by atoms with E-state index >= 15 is 0 Å². The van der Waals surface area contributed by atoms with E-state index in [0.717, 1.165) is 7.11 Å². The summed E-state index contributed by atoms with van der Waals surface area (Å²) in [6.07, 6.45) is -3.71. The third-order valence-corrected chi connectivity index (χ3v) is 5.65. The molecule has 3 atom stereocenters. The van der Waals surface area contributed by atoms with Gasteiger partial charge in [-0.25, -0.2) is 0 Å². The topological polar surface area (TPSA) is 109 Å². The number of fused-ring (bicyclic) bond motifs is 1. The summed E-state index contributed by atoms with van der Waals surface area (Å²) in [6.45, 7) is -0.226. The Hall–Kier alpha value is -3.35. The van der Waals surface area contributed by atoms with Crippen LogP contribution >= 0.6 is 0 Å². The fraction of sp³-hybridized carbons (Fsp3) is 0.429. The number of pyridine rings is 1. The van der Waals surface area contributed by atoms with Crippen molar-refractivity contribution in [2.45, 2.75) is 19.0 Å². The highest BCUT2D eigenvalue weighted by atomic mass is 19.4. The summed E-state index contributed by atoms with van der Waals surface area (Å²) in [6, 6.07) is 8.45. The Kier molecular flexibility index (Phi) is 6.34. The maximum absolute atomic E-state index is 13.8. The zero-order valence-corrected chi connectivity index (χ0v) is 16.7. The van der Waals surface area contributed by atoms with Crippen molar-refractivity contribution in [1.82, 2.24) is 4.98 Å². The van der Waals surface area contributed by atoms with Crippen molar-refractivity contribution in [3.63, 3.8) is 0 Å². The van der Waals surface area contributed by atoms with E-state index in [1.165, 1.54) is 17.2 Å². The molecule has 1 aliphatic rings. The number of esters is 1. The number of carbonyl (C=O) groups is 2. The van der Waals surface area contributed by atoms with E-state index in [9.17, 15) is 28.0 Å². The van der Waals surface area contributed by atoms with E-state index < -0.39 is 42.2 Å². The van der Waals surface area contributed by atoms with E-state index in [1.54, 1.807) is 18.2 Å². The molecule has 0 radical (unpaired) electrons. The monoisotopic (exact) mass is 434 g/mol. The molecule has 1 amide bonds. The number of carbonyl (C=O) groups excluding carboxylic acids is 2. The van der Waals surface area contributed by atoms with E-state index in [0.29, 0.717) is 22.2 Å². The molecule has 0 aliphatic carbocycles. The maximum atomic E-state index is 13.8. The van der Waals surface area contributed by atoms with Crippen molar-refractivity contribution >= 4 is 28.5 Å². The first-order valence-corrected chi connectivity index (χ1v) is 9.61. The number of rotatable bonds is 5. The smallest absolute Gasteiger partial charge is 0.393 e. The van der Waals surface area contributed by atoms with Gasteiger partial charge in [0.1, 0.15) is 6.07 Å².